The Hall–Kier alpha value is -3.74. The van der Waals surface area contributed by atoms with Crippen LogP contribution < -0.4 is 5.32 Å². The van der Waals surface area contributed by atoms with Gasteiger partial charge in [-0.2, -0.15) is 0 Å². The van der Waals surface area contributed by atoms with Gasteiger partial charge in [-0.05, 0) is 38.0 Å². The second kappa shape index (κ2) is 11.0. The minimum absolute atomic E-state index is 0.0658. The number of carbonyl (C=O) groups excluding carboxylic acids is 4. The maximum absolute atomic E-state index is 12.7. The van der Waals surface area contributed by atoms with Crippen LogP contribution in [0.3, 0.4) is 0 Å². The molecule has 0 spiro atoms. The van der Waals surface area contributed by atoms with Crippen molar-refractivity contribution in [1.82, 2.24) is 5.32 Å². The lowest BCUT2D eigenvalue weighted by molar-refractivity contribution is -0.148. The van der Waals surface area contributed by atoms with Gasteiger partial charge in [-0.3, -0.25) is 9.59 Å². The topological polar surface area (TPSA) is 98.8 Å². The van der Waals surface area contributed by atoms with E-state index in [0.29, 0.717) is 11.1 Å². The summed E-state index contributed by atoms with van der Waals surface area (Å²) in [7, 11) is 1.15. The van der Waals surface area contributed by atoms with Crippen LogP contribution in [0.1, 0.15) is 42.3 Å². The van der Waals surface area contributed by atoms with Gasteiger partial charge in [0.2, 0.25) is 5.91 Å². The standard InChI is InChI=1S/C25H27NO6/c1-25(2,3)32-21(28)14-13-17-9-8-10-18(15-17)16-20(27)26-22(24(30)31-4)23(29)19-11-6-5-7-12-19/h5-15,22H,16H2,1-4H3,(H,26,27)/b14-13+. The summed E-state index contributed by atoms with van der Waals surface area (Å²) in [4.78, 5) is 49.2. The number of nitrogens with one attached hydrogen (secondary N) is 1. The number of methoxy groups -OCH3 is 1. The zero-order valence-corrected chi connectivity index (χ0v) is 18.6. The quantitative estimate of drug-likeness (QED) is 0.295. The number of esters is 2. The summed E-state index contributed by atoms with van der Waals surface area (Å²) in [6.45, 7) is 5.34. The molecular formula is C25H27NO6. The van der Waals surface area contributed by atoms with Crippen LogP contribution in [-0.2, 0) is 30.3 Å². The van der Waals surface area contributed by atoms with Crippen LogP contribution >= 0.6 is 0 Å². The molecule has 1 unspecified atom stereocenters. The van der Waals surface area contributed by atoms with Gasteiger partial charge in [-0.15, -0.1) is 0 Å². The van der Waals surface area contributed by atoms with Gasteiger partial charge in [0.05, 0.1) is 13.5 Å². The summed E-state index contributed by atoms with van der Waals surface area (Å²) in [6, 6.07) is 13.7. The zero-order chi connectivity index (χ0) is 23.7. The monoisotopic (exact) mass is 437 g/mol. The van der Waals surface area contributed by atoms with Crippen LogP contribution in [0.15, 0.2) is 60.7 Å². The van der Waals surface area contributed by atoms with Crippen LogP contribution in [0.2, 0.25) is 0 Å². The molecule has 0 radical (unpaired) electrons. The minimum Gasteiger partial charge on any atom is -0.467 e. The Morgan fingerprint density at radius 1 is 1.00 bits per heavy atom. The number of amides is 1. The number of ketones is 1. The van der Waals surface area contributed by atoms with E-state index >= 15 is 0 Å². The average Bonchev–Trinajstić information content (AvgIpc) is 2.75. The molecule has 7 heteroatoms. The molecule has 0 heterocycles. The molecule has 0 fully saturated rings. The largest absolute Gasteiger partial charge is 0.467 e. The van der Waals surface area contributed by atoms with Crippen LogP contribution in [-0.4, -0.2) is 42.4 Å². The van der Waals surface area contributed by atoms with Crippen molar-refractivity contribution in [1.29, 1.82) is 0 Å². The first-order valence-corrected chi connectivity index (χ1v) is 10.1. The zero-order valence-electron chi connectivity index (χ0n) is 18.6. The van der Waals surface area contributed by atoms with E-state index < -0.39 is 35.3 Å². The highest BCUT2D eigenvalue weighted by atomic mass is 16.6. The minimum atomic E-state index is -1.44. The van der Waals surface area contributed by atoms with E-state index in [9.17, 15) is 19.2 Å². The van der Waals surface area contributed by atoms with Crippen molar-refractivity contribution in [3.8, 4) is 0 Å². The van der Waals surface area contributed by atoms with Crippen molar-refractivity contribution < 1.29 is 28.7 Å². The van der Waals surface area contributed by atoms with Crippen LogP contribution in [0, 0.1) is 0 Å². The van der Waals surface area contributed by atoms with Gasteiger partial charge < -0.3 is 14.8 Å². The highest BCUT2D eigenvalue weighted by Crippen LogP contribution is 2.11. The molecular weight excluding hydrogens is 410 g/mol. The molecule has 32 heavy (non-hydrogen) atoms. The molecule has 0 aliphatic heterocycles. The first-order chi connectivity index (χ1) is 15.1. The molecule has 1 N–H and O–H groups in total. The fraction of sp³-hybridized carbons (Fsp3) is 0.280. The number of hydrogen-bond acceptors (Lipinski definition) is 6. The third-order valence-electron chi connectivity index (χ3n) is 4.20. The molecule has 0 aliphatic carbocycles. The number of carbonyl (C=O) groups is 4. The third kappa shape index (κ3) is 7.83. The normalized spacial score (nSPS) is 12.1. The summed E-state index contributed by atoms with van der Waals surface area (Å²) >= 11 is 0. The lowest BCUT2D eigenvalue weighted by atomic mass is 10.0. The summed E-state index contributed by atoms with van der Waals surface area (Å²) < 4.78 is 9.91. The van der Waals surface area contributed by atoms with Crippen LogP contribution in [0.5, 0.6) is 0 Å². The van der Waals surface area contributed by atoms with Gasteiger partial charge in [0.15, 0.2) is 11.8 Å². The predicted octanol–water partition coefficient (Wildman–Crippen LogP) is 3.12. The molecule has 0 saturated heterocycles. The summed E-state index contributed by atoms with van der Waals surface area (Å²) in [5.41, 5.74) is 1.04. The number of Topliss-reactive ketones (excluding diaryl/α,β-unsaturated/α-hetero) is 1. The van der Waals surface area contributed by atoms with Crippen molar-refractivity contribution >= 4 is 29.7 Å². The molecule has 2 aromatic rings. The molecule has 7 nitrogen and oxygen atoms in total. The molecule has 1 atom stereocenters. The molecule has 0 saturated carbocycles. The van der Waals surface area contributed by atoms with Crippen LogP contribution in [0.25, 0.3) is 6.08 Å². The Balaban J connectivity index is 2.07. The number of benzene rings is 2. The maximum Gasteiger partial charge on any atom is 0.336 e. The first kappa shape index (κ1) is 24.5. The molecule has 2 aromatic carbocycles. The summed E-state index contributed by atoms with van der Waals surface area (Å²) in [5, 5.41) is 2.45. The lowest BCUT2D eigenvalue weighted by Crippen LogP contribution is -2.47. The lowest BCUT2D eigenvalue weighted by Gasteiger charge is -2.17. The second-order valence-corrected chi connectivity index (χ2v) is 8.04. The van der Waals surface area contributed by atoms with Crippen molar-refractivity contribution in [3.05, 3.63) is 77.4 Å². The van der Waals surface area contributed by atoms with E-state index in [2.05, 4.69) is 10.1 Å². The van der Waals surface area contributed by atoms with Crippen molar-refractivity contribution in [2.45, 2.75) is 38.8 Å². The first-order valence-electron chi connectivity index (χ1n) is 10.1. The SMILES string of the molecule is COC(=O)C(NC(=O)Cc1cccc(/C=C/C(=O)OC(C)(C)C)c1)C(=O)c1ccccc1. The molecule has 168 valence electrons. The van der Waals surface area contributed by atoms with E-state index in [1.54, 1.807) is 81.4 Å². The van der Waals surface area contributed by atoms with Crippen LogP contribution in [0.4, 0.5) is 0 Å². The van der Waals surface area contributed by atoms with Gasteiger partial charge in [0, 0.05) is 11.6 Å². The second-order valence-electron chi connectivity index (χ2n) is 8.04. The Morgan fingerprint density at radius 3 is 2.31 bits per heavy atom. The average molecular weight is 437 g/mol. The highest BCUT2D eigenvalue weighted by molar-refractivity contribution is 6.13. The van der Waals surface area contributed by atoms with Gasteiger partial charge in [0.25, 0.3) is 0 Å². The van der Waals surface area contributed by atoms with Gasteiger partial charge in [-0.25, -0.2) is 9.59 Å². The van der Waals surface area contributed by atoms with E-state index in [0.717, 1.165) is 7.11 Å². The van der Waals surface area contributed by atoms with Gasteiger partial charge in [-0.1, -0.05) is 54.6 Å². The fourth-order valence-electron chi connectivity index (χ4n) is 2.82. The molecule has 2 rings (SSSR count). The van der Waals surface area contributed by atoms with E-state index in [1.807, 2.05) is 0 Å². The number of ether oxygens (including phenoxy) is 2. The Morgan fingerprint density at radius 2 is 1.69 bits per heavy atom. The predicted molar refractivity (Wildman–Crippen MR) is 120 cm³/mol. The van der Waals surface area contributed by atoms with E-state index in [1.165, 1.54) is 6.08 Å². The highest BCUT2D eigenvalue weighted by Gasteiger charge is 2.30. The Labute approximate surface area is 187 Å². The molecule has 0 aliphatic rings. The Kier molecular flexibility index (Phi) is 8.46. The van der Waals surface area contributed by atoms with E-state index in [-0.39, 0.29) is 12.0 Å². The summed E-state index contributed by atoms with van der Waals surface area (Å²) in [6.07, 6.45) is 2.84. The Bertz CT molecular complexity index is 1000. The number of rotatable bonds is 8. The molecule has 1 amide bonds. The van der Waals surface area contributed by atoms with Crippen molar-refractivity contribution in [3.63, 3.8) is 0 Å². The van der Waals surface area contributed by atoms with Gasteiger partial charge in [0.1, 0.15) is 5.60 Å². The maximum atomic E-state index is 12.7. The molecule has 0 aromatic heterocycles. The van der Waals surface area contributed by atoms with E-state index in [4.69, 9.17) is 4.74 Å². The van der Waals surface area contributed by atoms with Crippen molar-refractivity contribution in [2.75, 3.05) is 7.11 Å². The fourth-order valence-corrected chi connectivity index (χ4v) is 2.82. The molecule has 0 bridgehead atoms. The number of hydrogen-bond donors (Lipinski definition) is 1. The summed E-state index contributed by atoms with van der Waals surface area (Å²) in [5.74, 6) is -2.39. The third-order valence-corrected chi connectivity index (χ3v) is 4.20. The van der Waals surface area contributed by atoms with Gasteiger partial charge >= 0.3 is 11.9 Å². The van der Waals surface area contributed by atoms with Crippen molar-refractivity contribution in [2.24, 2.45) is 0 Å². The smallest absolute Gasteiger partial charge is 0.336 e.